The third kappa shape index (κ3) is 1.79. The van der Waals surface area contributed by atoms with Crippen molar-refractivity contribution in [3.05, 3.63) is 29.1 Å². The summed E-state index contributed by atoms with van der Waals surface area (Å²) < 4.78 is 13.5. The number of benzene rings is 1. The Morgan fingerprint density at radius 3 is 2.62 bits per heavy atom. The van der Waals surface area contributed by atoms with Crippen LogP contribution in [0.5, 0.6) is 0 Å². The molecule has 0 saturated carbocycles. The first-order chi connectivity index (χ1) is 6.07. The number of halogens is 1. The van der Waals surface area contributed by atoms with Crippen LogP contribution in [-0.2, 0) is 0 Å². The highest BCUT2D eigenvalue weighted by Crippen LogP contribution is 2.21. The van der Waals surface area contributed by atoms with Crippen LogP contribution >= 0.6 is 0 Å². The van der Waals surface area contributed by atoms with E-state index >= 15 is 0 Å². The van der Waals surface area contributed by atoms with Gasteiger partial charge in [-0.05, 0) is 13.0 Å². The molecule has 0 aliphatic heterocycles. The van der Waals surface area contributed by atoms with Gasteiger partial charge in [0.15, 0.2) is 0 Å². The molecule has 0 unspecified atom stereocenters. The van der Waals surface area contributed by atoms with Crippen molar-refractivity contribution < 1.29 is 4.39 Å². The van der Waals surface area contributed by atoms with Crippen LogP contribution in [0.15, 0.2) is 12.1 Å². The monoisotopic (exact) mass is 183 g/mol. The first-order valence-electron chi connectivity index (χ1n) is 4.08. The Kier molecular flexibility index (Phi) is 2.85. The van der Waals surface area contributed by atoms with Crippen LogP contribution in [0.3, 0.4) is 0 Å². The molecule has 0 spiro atoms. The van der Waals surface area contributed by atoms with E-state index in [2.05, 4.69) is 0 Å². The molecule has 0 amide bonds. The van der Waals surface area contributed by atoms with E-state index in [0.717, 1.165) is 0 Å². The Balaban J connectivity index is 3.18. The van der Waals surface area contributed by atoms with E-state index in [-0.39, 0.29) is 12.4 Å². The van der Waals surface area contributed by atoms with E-state index in [1.54, 1.807) is 19.1 Å². The van der Waals surface area contributed by atoms with Gasteiger partial charge in [0.1, 0.15) is 5.82 Å². The Morgan fingerprint density at radius 1 is 1.46 bits per heavy atom. The van der Waals surface area contributed by atoms with Crippen LogP contribution in [0, 0.1) is 12.7 Å². The fraction of sp³-hybridized carbons (Fsp3) is 0.333. The lowest BCUT2D eigenvalue weighted by atomic mass is 10.0. The molecule has 0 aromatic heterocycles. The maximum Gasteiger partial charge on any atom is 0.132 e. The second-order valence-corrected chi connectivity index (χ2v) is 3.03. The summed E-state index contributed by atoms with van der Waals surface area (Å²) in [4.78, 5) is 0. The number of nitrogens with two attached hydrogens (primary N) is 3. The van der Waals surface area contributed by atoms with Crippen molar-refractivity contribution in [2.45, 2.75) is 13.0 Å². The van der Waals surface area contributed by atoms with Crippen LogP contribution < -0.4 is 17.2 Å². The Hall–Kier alpha value is -1.13. The van der Waals surface area contributed by atoms with Gasteiger partial charge in [0.2, 0.25) is 0 Å². The lowest BCUT2D eigenvalue weighted by Gasteiger charge is -2.12. The highest BCUT2D eigenvalue weighted by molar-refractivity contribution is 5.49. The summed E-state index contributed by atoms with van der Waals surface area (Å²) in [5.74, 6) is -0.349. The summed E-state index contributed by atoms with van der Waals surface area (Å²) in [5, 5.41) is 0. The van der Waals surface area contributed by atoms with E-state index in [1.807, 2.05) is 0 Å². The van der Waals surface area contributed by atoms with Gasteiger partial charge >= 0.3 is 0 Å². The maximum absolute atomic E-state index is 13.5. The highest BCUT2D eigenvalue weighted by Gasteiger charge is 2.12. The van der Waals surface area contributed by atoms with Gasteiger partial charge in [-0.3, -0.25) is 0 Å². The molecule has 0 fully saturated rings. The summed E-state index contributed by atoms with van der Waals surface area (Å²) in [5.41, 5.74) is 17.8. The van der Waals surface area contributed by atoms with E-state index in [1.165, 1.54) is 0 Å². The van der Waals surface area contributed by atoms with Crippen molar-refractivity contribution in [2.24, 2.45) is 11.5 Å². The topological polar surface area (TPSA) is 78.1 Å². The number of rotatable bonds is 2. The molecule has 4 heteroatoms. The minimum absolute atomic E-state index is 0.222. The quantitative estimate of drug-likeness (QED) is 0.590. The minimum Gasteiger partial charge on any atom is -0.398 e. The van der Waals surface area contributed by atoms with E-state index in [4.69, 9.17) is 17.2 Å². The van der Waals surface area contributed by atoms with E-state index in [0.29, 0.717) is 16.8 Å². The number of hydrogen-bond donors (Lipinski definition) is 3. The first kappa shape index (κ1) is 9.95. The van der Waals surface area contributed by atoms with Crippen molar-refractivity contribution >= 4 is 5.69 Å². The summed E-state index contributed by atoms with van der Waals surface area (Å²) >= 11 is 0. The van der Waals surface area contributed by atoms with Crippen LogP contribution in [0.25, 0.3) is 0 Å². The lowest BCUT2D eigenvalue weighted by Crippen LogP contribution is -2.22. The van der Waals surface area contributed by atoms with Crippen molar-refractivity contribution in [1.82, 2.24) is 0 Å². The number of hydrogen-bond acceptors (Lipinski definition) is 3. The predicted octanol–water partition coefficient (Wildman–Crippen LogP) is 0.675. The Labute approximate surface area is 76.7 Å². The molecule has 0 aliphatic rings. The molecular weight excluding hydrogens is 169 g/mol. The summed E-state index contributed by atoms with van der Waals surface area (Å²) in [6.07, 6.45) is 0. The van der Waals surface area contributed by atoms with Gasteiger partial charge in [-0.25, -0.2) is 4.39 Å². The molecule has 13 heavy (non-hydrogen) atoms. The molecule has 0 heterocycles. The van der Waals surface area contributed by atoms with Gasteiger partial charge in [-0.2, -0.15) is 0 Å². The molecule has 1 aromatic carbocycles. The highest BCUT2D eigenvalue weighted by atomic mass is 19.1. The SMILES string of the molecule is Cc1c(N)ccc([C@@H](N)CN)c1F. The van der Waals surface area contributed by atoms with E-state index < -0.39 is 6.04 Å². The smallest absolute Gasteiger partial charge is 0.132 e. The standard InChI is InChI=1S/C9H14FN3/c1-5-7(12)3-2-6(9(5)10)8(13)4-11/h2-3,8H,4,11-13H2,1H3/t8-/m0/s1. The largest absolute Gasteiger partial charge is 0.398 e. The molecule has 72 valence electrons. The third-order valence-corrected chi connectivity index (χ3v) is 2.11. The fourth-order valence-corrected chi connectivity index (χ4v) is 1.13. The van der Waals surface area contributed by atoms with Crippen molar-refractivity contribution in [1.29, 1.82) is 0 Å². The van der Waals surface area contributed by atoms with Crippen molar-refractivity contribution in [3.8, 4) is 0 Å². The zero-order valence-corrected chi connectivity index (χ0v) is 7.55. The molecule has 0 radical (unpaired) electrons. The second kappa shape index (κ2) is 3.72. The average Bonchev–Trinajstić information content (AvgIpc) is 2.13. The van der Waals surface area contributed by atoms with Gasteiger partial charge in [0, 0.05) is 29.4 Å². The van der Waals surface area contributed by atoms with Gasteiger partial charge in [0.25, 0.3) is 0 Å². The van der Waals surface area contributed by atoms with Gasteiger partial charge in [-0.1, -0.05) is 6.07 Å². The van der Waals surface area contributed by atoms with Crippen molar-refractivity contribution in [2.75, 3.05) is 12.3 Å². The summed E-state index contributed by atoms with van der Waals surface area (Å²) in [7, 11) is 0. The Bertz CT molecular complexity index is 312. The molecule has 3 nitrogen and oxygen atoms in total. The van der Waals surface area contributed by atoms with Crippen LogP contribution in [-0.4, -0.2) is 6.54 Å². The molecule has 0 bridgehead atoms. The lowest BCUT2D eigenvalue weighted by molar-refractivity contribution is 0.577. The molecule has 0 saturated heterocycles. The molecule has 0 aliphatic carbocycles. The number of nitrogen functional groups attached to an aromatic ring is 1. The third-order valence-electron chi connectivity index (χ3n) is 2.11. The van der Waals surface area contributed by atoms with Crippen molar-refractivity contribution in [3.63, 3.8) is 0 Å². The molecule has 6 N–H and O–H groups in total. The van der Waals surface area contributed by atoms with Crippen LogP contribution in [0.1, 0.15) is 17.2 Å². The molecule has 1 atom stereocenters. The number of anilines is 1. The summed E-state index contributed by atoms with van der Waals surface area (Å²) in [6, 6.07) is 2.76. The average molecular weight is 183 g/mol. The first-order valence-corrected chi connectivity index (χ1v) is 4.08. The normalized spacial score (nSPS) is 12.9. The van der Waals surface area contributed by atoms with Gasteiger partial charge in [-0.15, -0.1) is 0 Å². The van der Waals surface area contributed by atoms with Gasteiger partial charge in [0.05, 0.1) is 0 Å². The van der Waals surface area contributed by atoms with Crippen LogP contribution in [0.2, 0.25) is 0 Å². The summed E-state index contributed by atoms with van der Waals surface area (Å²) in [6.45, 7) is 1.84. The Morgan fingerprint density at radius 2 is 2.08 bits per heavy atom. The van der Waals surface area contributed by atoms with E-state index in [9.17, 15) is 4.39 Å². The maximum atomic E-state index is 13.5. The molecular formula is C9H14FN3. The zero-order valence-electron chi connectivity index (χ0n) is 7.55. The predicted molar refractivity (Wildman–Crippen MR) is 51.5 cm³/mol. The van der Waals surface area contributed by atoms with Crippen LogP contribution in [0.4, 0.5) is 10.1 Å². The fourth-order valence-electron chi connectivity index (χ4n) is 1.13. The van der Waals surface area contributed by atoms with Gasteiger partial charge < -0.3 is 17.2 Å². The second-order valence-electron chi connectivity index (χ2n) is 3.03. The minimum atomic E-state index is -0.459. The zero-order chi connectivity index (χ0) is 10.0. The molecule has 1 rings (SSSR count). The molecule has 1 aromatic rings.